The number of rotatable bonds is 2. The van der Waals surface area contributed by atoms with Gasteiger partial charge in [-0.15, -0.1) is 0 Å². The van der Waals surface area contributed by atoms with Crippen LogP contribution in [0.5, 0.6) is 0 Å². The van der Waals surface area contributed by atoms with Gasteiger partial charge in [-0.2, -0.15) is 13.2 Å². The van der Waals surface area contributed by atoms with Crippen LogP contribution >= 0.6 is 0 Å². The molecule has 1 aliphatic rings. The second-order valence-corrected chi connectivity index (χ2v) is 5.04. The van der Waals surface area contributed by atoms with Crippen LogP contribution in [0.4, 0.5) is 18.9 Å². The predicted molar refractivity (Wildman–Crippen MR) is 70.4 cm³/mol. The van der Waals surface area contributed by atoms with Crippen molar-refractivity contribution in [3.05, 3.63) is 29.3 Å². The minimum Gasteiger partial charge on any atom is -0.326 e. The molecule has 20 heavy (non-hydrogen) atoms. The highest BCUT2D eigenvalue weighted by Gasteiger charge is 2.32. The lowest BCUT2D eigenvalue weighted by Crippen LogP contribution is -2.34. The van der Waals surface area contributed by atoms with Gasteiger partial charge in [-0.1, -0.05) is 6.07 Å². The van der Waals surface area contributed by atoms with Crippen molar-refractivity contribution < 1.29 is 18.0 Å². The smallest absolute Gasteiger partial charge is 0.326 e. The third-order valence-electron chi connectivity index (χ3n) is 3.52. The van der Waals surface area contributed by atoms with Gasteiger partial charge in [0.25, 0.3) is 0 Å². The zero-order chi connectivity index (χ0) is 14.8. The van der Waals surface area contributed by atoms with E-state index in [0.717, 1.165) is 19.2 Å². The molecule has 0 radical (unpaired) electrons. The van der Waals surface area contributed by atoms with Gasteiger partial charge in [0.05, 0.1) is 5.56 Å². The summed E-state index contributed by atoms with van der Waals surface area (Å²) in [6, 6.07) is 3.87. The first kappa shape index (κ1) is 14.8. The average molecular weight is 286 g/mol. The molecule has 0 atom stereocenters. The maximum absolute atomic E-state index is 12.8. The Bertz CT molecular complexity index is 494. The summed E-state index contributed by atoms with van der Waals surface area (Å²) in [5.41, 5.74) is -0.357. The molecule has 1 aromatic carbocycles. The monoisotopic (exact) mass is 286 g/mol. The van der Waals surface area contributed by atoms with Gasteiger partial charge in [0.2, 0.25) is 5.91 Å². The van der Waals surface area contributed by atoms with Crippen LogP contribution in [0.25, 0.3) is 0 Å². The van der Waals surface area contributed by atoms with Crippen LogP contribution in [-0.4, -0.2) is 19.0 Å². The van der Waals surface area contributed by atoms with Crippen molar-refractivity contribution in [2.45, 2.75) is 25.9 Å². The Kier molecular flexibility index (Phi) is 4.32. The zero-order valence-electron chi connectivity index (χ0n) is 11.2. The van der Waals surface area contributed by atoms with Crippen LogP contribution in [0.15, 0.2) is 18.2 Å². The SMILES string of the molecule is Cc1ccc(NC(=O)C2CCNCC2)cc1C(F)(F)F. The summed E-state index contributed by atoms with van der Waals surface area (Å²) >= 11 is 0. The van der Waals surface area contributed by atoms with Crippen LogP contribution in [0.2, 0.25) is 0 Å². The van der Waals surface area contributed by atoms with Crippen molar-refractivity contribution in [3.63, 3.8) is 0 Å². The van der Waals surface area contributed by atoms with Crippen molar-refractivity contribution in [3.8, 4) is 0 Å². The maximum atomic E-state index is 12.8. The minimum absolute atomic E-state index is 0.133. The number of hydrogen-bond donors (Lipinski definition) is 2. The highest BCUT2D eigenvalue weighted by molar-refractivity contribution is 5.92. The molecule has 0 saturated carbocycles. The second-order valence-electron chi connectivity index (χ2n) is 5.04. The fraction of sp³-hybridized carbons (Fsp3) is 0.500. The maximum Gasteiger partial charge on any atom is 0.416 e. The first-order valence-electron chi connectivity index (χ1n) is 6.57. The molecular formula is C14H17F3N2O. The van der Waals surface area contributed by atoms with E-state index in [0.29, 0.717) is 12.8 Å². The Labute approximate surface area is 115 Å². The number of carbonyl (C=O) groups excluding carboxylic acids is 1. The summed E-state index contributed by atoms with van der Waals surface area (Å²) in [7, 11) is 0. The average Bonchev–Trinajstić information content (AvgIpc) is 2.40. The molecule has 1 heterocycles. The molecule has 0 bridgehead atoms. The van der Waals surface area contributed by atoms with Crippen LogP contribution in [0.3, 0.4) is 0 Å². The number of piperidine rings is 1. The van der Waals surface area contributed by atoms with E-state index in [2.05, 4.69) is 10.6 Å². The molecule has 1 amide bonds. The van der Waals surface area contributed by atoms with Gasteiger partial charge in [-0.3, -0.25) is 4.79 Å². The number of hydrogen-bond acceptors (Lipinski definition) is 2. The number of anilines is 1. The lowest BCUT2D eigenvalue weighted by Gasteiger charge is -2.22. The highest BCUT2D eigenvalue weighted by Crippen LogP contribution is 2.33. The molecule has 2 N–H and O–H groups in total. The van der Waals surface area contributed by atoms with Gasteiger partial charge in [0.15, 0.2) is 0 Å². The van der Waals surface area contributed by atoms with Gasteiger partial charge in [-0.05, 0) is 50.6 Å². The number of alkyl halides is 3. The molecular weight excluding hydrogens is 269 g/mol. The van der Waals surface area contributed by atoms with E-state index in [1.807, 2.05) is 0 Å². The Morgan fingerprint density at radius 3 is 2.55 bits per heavy atom. The van der Waals surface area contributed by atoms with Crippen LogP contribution < -0.4 is 10.6 Å². The van der Waals surface area contributed by atoms with E-state index in [4.69, 9.17) is 0 Å². The van der Waals surface area contributed by atoms with Gasteiger partial charge >= 0.3 is 6.18 Å². The molecule has 1 fully saturated rings. The van der Waals surface area contributed by atoms with Crippen molar-refractivity contribution in [2.75, 3.05) is 18.4 Å². The summed E-state index contributed by atoms with van der Waals surface area (Å²) in [6.07, 6.45) is -2.98. The second kappa shape index (κ2) is 5.83. The molecule has 0 aliphatic carbocycles. The quantitative estimate of drug-likeness (QED) is 0.877. The van der Waals surface area contributed by atoms with Gasteiger partial charge in [0.1, 0.15) is 0 Å². The Balaban J connectivity index is 2.11. The molecule has 0 unspecified atom stereocenters. The molecule has 1 saturated heterocycles. The Morgan fingerprint density at radius 1 is 1.30 bits per heavy atom. The van der Waals surface area contributed by atoms with E-state index in [1.165, 1.54) is 19.1 Å². The van der Waals surface area contributed by atoms with Crippen molar-refractivity contribution in [2.24, 2.45) is 5.92 Å². The number of carbonyl (C=O) groups is 1. The molecule has 1 aliphatic heterocycles. The largest absolute Gasteiger partial charge is 0.416 e. The molecule has 3 nitrogen and oxygen atoms in total. The van der Waals surface area contributed by atoms with Crippen LogP contribution in [0.1, 0.15) is 24.0 Å². The molecule has 1 aromatic rings. The van der Waals surface area contributed by atoms with Gasteiger partial charge in [0, 0.05) is 11.6 Å². The summed E-state index contributed by atoms with van der Waals surface area (Å²) in [4.78, 5) is 12.0. The summed E-state index contributed by atoms with van der Waals surface area (Å²) in [6.45, 7) is 2.93. The zero-order valence-corrected chi connectivity index (χ0v) is 11.2. The van der Waals surface area contributed by atoms with E-state index in [-0.39, 0.29) is 23.1 Å². The minimum atomic E-state index is -4.40. The molecule has 0 aromatic heterocycles. The number of halogens is 3. The first-order valence-corrected chi connectivity index (χ1v) is 6.57. The van der Waals surface area contributed by atoms with E-state index < -0.39 is 11.7 Å². The van der Waals surface area contributed by atoms with Gasteiger partial charge < -0.3 is 10.6 Å². The third kappa shape index (κ3) is 3.50. The number of amides is 1. The fourth-order valence-electron chi connectivity index (χ4n) is 2.33. The third-order valence-corrected chi connectivity index (χ3v) is 3.52. The summed E-state index contributed by atoms with van der Waals surface area (Å²) < 4.78 is 38.4. The number of nitrogens with one attached hydrogen (secondary N) is 2. The molecule has 2 rings (SSSR count). The highest BCUT2D eigenvalue weighted by atomic mass is 19.4. The van der Waals surface area contributed by atoms with E-state index in [1.54, 1.807) is 0 Å². The van der Waals surface area contributed by atoms with Crippen molar-refractivity contribution in [1.29, 1.82) is 0 Å². The topological polar surface area (TPSA) is 41.1 Å². The Hall–Kier alpha value is -1.56. The van der Waals surface area contributed by atoms with Crippen molar-refractivity contribution in [1.82, 2.24) is 5.32 Å². The molecule has 0 spiro atoms. The van der Waals surface area contributed by atoms with Crippen LogP contribution in [-0.2, 0) is 11.0 Å². The number of aryl methyl sites for hydroxylation is 1. The Morgan fingerprint density at radius 2 is 1.95 bits per heavy atom. The lowest BCUT2D eigenvalue weighted by atomic mass is 9.97. The lowest BCUT2D eigenvalue weighted by molar-refractivity contribution is -0.138. The standard InChI is InChI=1S/C14H17F3N2O/c1-9-2-3-11(8-12(9)14(15,16)17)19-13(20)10-4-6-18-7-5-10/h2-3,8,10,18H,4-7H2,1H3,(H,19,20). The molecule has 6 heteroatoms. The normalized spacial score (nSPS) is 17.0. The van der Waals surface area contributed by atoms with E-state index >= 15 is 0 Å². The molecule has 110 valence electrons. The predicted octanol–water partition coefficient (Wildman–Crippen LogP) is 2.95. The first-order chi connectivity index (χ1) is 9.38. The van der Waals surface area contributed by atoms with E-state index in [9.17, 15) is 18.0 Å². The summed E-state index contributed by atoms with van der Waals surface area (Å²) in [5, 5.41) is 5.73. The van der Waals surface area contributed by atoms with Gasteiger partial charge in [-0.25, -0.2) is 0 Å². The number of benzene rings is 1. The van der Waals surface area contributed by atoms with Crippen molar-refractivity contribution >= 4 is 11.6 Å². The summed E-state index contributed by atoms with van der Waals surface area (Å²) in [5.74, 6) is -0.338. The fourth-order valence-corrected chi connectivity index (χ4v) is 2.33. The van der Waals surface area contributed by atoms with Crippen LogP contribution in [0, 0.1) is 12.8 Å².